The number of amides is 1. The van der Waals surface area contributed by atoms with Gasteiger partial charge in [-0.05, 0) is 24.3 Å². The average molecular weight is 271 g/mol. The molecule has 0 fully saturated rings. The molecule has 0 unspecified atom stereocenters. The van der Waals surface area contributed by atoms with E-state index in [1.165, 1.54) is 5.56 Å². The zero-order valence-electron chi connectivity index (χ0n) is 12.0. The molecule has 0 saturated heterocycles. The lowest BCUT2D eigenvalue weighted by atomic mass is 10.1. The Labute approximate surface area is 119 Å². The molecular weight excluding hydrogens is 250 g/mol. The van der Waals surface area contributed by atoms with Crippen molar-refractivity contribution in [2.45, 2.75) is 39.0 Å². The molecule has 106 valence electrons. The fraction of sp³-hybridized carbons (Fsp3) is 0.375. The van der Waals surface area contributed by atoms with E-state index in [-0.39, 0.29) is 5.91 Å². The van der Waals surface area contributed by atoms with Gasteiger partial charge in [0.1, 0.15) is 0 Å². The highest BCUT2D eigenvalue weighted by Gasteiger charge is 2.07. The minimum Gasteiger partial charge on any atom is -0.309 e. The molecule has 0 radical (unpaired) electrons. The van der Waals surface area contributed by atoms with Crippen molar-refractivity contribution in [1.29, 1.82) is 0 Å². The molecule has 4 nitrogen and oxygen atoms in total. The van der Waals surface area contributed by atoms with E-state index < -0.39 is 0 Å². The van der Waals surface area contributed by atoms with Crippen LogP contribution < -0.4 is 5.32 Å². The third kappa shape index (κ3) is 4.23. The maximum atomic E-state index is 11.8. The molecule has 1 aromatic heterocycles. The van der Waals surface area contributed by atoms with Gasteiger partial charge in [0.2, 0.25) is 5.91 Å². The fourth-order valence-electron chi connectivity index (χ4n) is 2.00. The number of nitrogens with zero attached hydrogens (tertiary/aromatic N) is 1. The number of anilines is 1. The van der Waals surface area contributed by atoms with Gasteiger partial charge in [-0.3, -0.25) is 9.89 Å². The molecule has 0 saturated carbocycles. The summed E-state index contributed by atoms with van der Waals surface area (Å²) in [5.41, 5.74) is 2.30. The number of aromatic nitrogens is 2. The van der Waals surface area contributed by atoms with Crippen molar-refractivity contribution in [3.63, 3.8) is 0 Å². The number of carbonyl (C=O) groups excluding carboxylic acids is 1. The summed E-state index contributed by atoms with van der Waals surface area (Å²) in [7, 11) is 0. The standard InChI is InChI=1S/C16H21N3O/c1-12(2)14-11-15(19-18-14)17-16(20)10-6-9-13-7-4-3-5-8-13/h3-5,7-8,11-12H,6,9-10H2,1-2H3,(H2,17,18,19,20). The Morgan fingerprint density at radius 2 is 2.05 bits per heavy atom. The highest BCUT2D eigenvalue weighted by Crippen LogP contribution is 2.15. The van der Waals surface area contributed by atoms with Crippen molar-refractivity contribution in [2.75, 3.05) is 5.32 Å². The maximum Gasteiger partial charge on any atom is 0.225 e. The minimum atomic E-state index is 0.0164. The molecule has 0 aliphatic rings. The topological polar surface area (TPSA) is 57.8 Å². The van der Waals surface area contributed by atoms with Gasteiger partial charge in [-0.1, -0.05) is 44.2 Å². The van der Waals surface area contributed by atoms with Crippen molar-refractivity contribution < 1.29 is 4.79 Å². The first-order valence-corrected chi connectivity index (χ1v) is 7.04. The normalized spacial score (nSPS) is 10.8. The van der Waals surface area contributed by atoms with Crippen LogP contribution in [0.15, 0.2) is 36.4 Å². The zero-order valence-corrected chi connectivity index (χ0v) is 12.0. The molecule has 2 rings (SSSR count). The van der Waals surface area contributed by atoms with Crippen LogP contribution in [0.5, 0.6) is 0 Å². The number of hydrogen-bond donors (Lipinski definition) is 2. The molecular formula is C16H21N3O. The Bertz CT molecular complexity index is 546. The minimum absolute atomic E-state index is 0.0164. The van der Waals surface area contributed by atoms with Crippen molar-refractivity contribution in [3.05, 3.63) is 47.7 Å². The summed E-state index contributed by atoms with van der Waals surface area (Å²) in [6, 6.07) is 12.1. The van der Waals surface area contributed by atoms with Gasteiger partial charge in [-0.2, -0.15) is 5.10 Å². The molecule has 1 heterocycles. The van der Waals surface area contributed by atoms with E-state index in [9.17, 15) is 4.79 Å². The number of hydrogen-bond acceptors (Lipinski definition) is 2. The summed E-state index contributed by atoms with van der Waals surface area (Å²) < 4.78 is 0. The molecule has 0 aliphatic heterocycles. The maximum absolute atomic E-state index is 11.8. The summed E-state index contributed by atoms with van der Waals surface area (Å²) >= 11 is 0. The van der Waals surface area contributed by atoms with Crippen LogP contribution in [0.4, 0.5) is 5.82 Å². The predicted octanol–water partition coefficient (Wildman–Crippen LogP) is 3.49. The molecule has 0 spiro atoms. The molecule has 0 bridgehead atoms. The summed E-state index contributed by atoms with van der Waals surface area (Å²) in [6.07, 6.45) is 2.28. The molecule has 2 aromatic rings. The summed E-state index contributed by atoms with van der Waals surface area (Å²) in [6.45, 7) is 4.16. The monoisotopic (exact) mass is 271 g/mol. The number of nitrogens with one attached hydrogen (secondary N) is 2. The lowest BCUT2D eigenvalue weighted by molar-refractivity contribution is -0.116. The number of benzene rings is 1. The van der Waals surface area contributed by atoms with E-state index in [1.54, 1.807) is 0 Å². The summed E-state index contributed by atoms with van der Waals surface area (Å²) in [4.78, 5) is 11.8. The Balaban J connectivity index is 1.75. The fourth-order valence-corrected chi connectivity index (χ4v) is 2.00. The molecule has 0 atom stereocenters. The van der Waals surface area contributed by atoms with Crippen LogP contribution in [0.25, 0.3) is 0 Å². The SMILES string of the molecule is CC(C)c1cc(NC(=O)CCCc2ccccc2)n[nH]1. The molecule has 1 aromatic carbocycles. The van der Waals surface area contributed by atoms with E-state index >= 15 is 0 Å². The number of aromatic amines is 1. The van der Waals surface area contributed by atoms with Crippen molar-refractivity contribution in [2.24, 2.45) is 0 Å². The van der Waals surface area contributed by atoms with Crippen LogP contribution in [0.2, 0.25) is 0 Å². The van der Waals surface area contributed by atoms with Crippen LogP contribution in [0.1, 0.15) is 43.9 Å². The molecule has 20 heavy (non-hydrogen) atoms. The second-order valence-corrected chi connectivity index (χ2v) is 5.25. The van der Waals surface area contributed by atoms with Gasteiger partial charge in [0, 0.05) is 18.2 Å². The van der Waals surface area contributed by atoms with Crippen LogP contribution in [-0.2, 0) is 11.2 Å². The van der Waals surface area contributed by atoms with Gasteiger partial charge in [0.25, 0.3) is 0 Å². The zero-order chi connectivity index (χ0) is 14.4. The van der Waals surface area contributed by atoms with Crippen molar-refractivity contribution in [1.82, 2.24) is 10.2 Å². The second-order valence-electron chi connectivity index (χ2n) is 5.25. The number of aryl methyl sites for hydroxylation is 1. The largest absolute Gasteiger partial charge is 0.309 e. The van der Waals surface area contributed by atoms with Gasteiger partial charge in [-0.25, -0.2) is 0 Å². The van der Waals surface area contributed by atoms with E-state index in [2.05, 4.69) is 41.5 Å². The van der Waals surface area contributed by atoms with Gasteiger partial charge in [0.05, 0.1) is 0 Å². The third-order valence-electron chi connectivity index (χ3n) is 3.20. The van der Waals surface area contributed by atoms with E-state index in [4.69, 9.17) is 0 Å². The van der Waals surface area contributed by atoms with Crippen molar-refractivity contribution in [3.8, 4) is 0 Å². The van der Waals surface area contributed by atoms with Crippen LogP contribution in [0, 0.1) is 0 Å². The molecule has 2 N–H and O–H groups in total. The van der Waals surface area contributed by atoms with Gasteiger partial charge >= 0.3 is 0 Å². The second kappa shape index (κ2) is 6.89. The Morgan fingerprint density at radius 3 is 2.70 bits per heavy atom. The lowest BCUT2D eigenvalue weighted by Gasteiger charge is -2.02. The summed E-state index contributed by atoms with van der Waals surface area (Å²) in [5, 5.41) is 9.84. The van der Waals surface area contributed by atoms with Crippen LogP contribution >= 0.6 is 0 Å². The predicted molar refractivity (Wildman–Crippen MR) is 80.7 cm³/mol. The Kier molecular flexibility index (Phi) is 4.93. The molecule has 1 amide bonds. The van der Waals surface area contributed by atoms with Gasteiger partial charge in [0.15, 0.2) is 5.82 Å². The van der Waals surface area contributed by atoms with Gasteiger partial charge < -0.3 is 5.32 Å². The van der Waals surface area contributed by atoms with Crippen LogP contribution in [-0.4, -0.2) is 16.1 Å². The average Bonchev–Trinajstić information content (AvgIpc) is 2.88. The summed E-state index contributed by atoms with van der Waals surface area (Å²) in [5.74, 6) is 1.01. The number of rotatable bonds is 6. The first-order chi connectivity index (χ1) is 9.65. The highest BCUT2D eigenvalue weighted by molar-refractivity contribution is 5.89. The quantitative estimate of drug-likeness (QED) is 0.845. The smallest absolute Gasteiger partial charge is 0.225 e. The number of H-pyrrole nitrogens is 1. The van der Waals surface area contributed by atoms with Gasteiger partial charge in [-0.15, -0.1) is 0 Å². The Morgan fingerprint density at radius 1 is 1.30 bits per heavy atom. The number of carbonyl (C=O) groups is 1. The first-order valence-electron chi connectivity index (χ1n) is 7.04. The lowest BCUT2D eigenvalue weighted by Crippen LogP contribution is -2.11. The van der Waals surface area contributed by atoms with E-state index in [1.807, 2.05) is 24.3 Å². The van der Waals surface area contributed by atoms with Crippen LogP contribution in [0.3, 0.4) is 0 Å². The van der Waals surface area contributed by atoms with E-state index in [0.717, 1.165) is 18.5 Å². The van der Waals surface area contributed by atoms with Crippen molar-refractivity contribution >= 4 is 11.7 Å². The third-order valence-corrected chi connectivity index (χ3v) is 3.20. The van der Waals surface area contributed by atoms with E-state index in [0.29, 0.717) is 18.2 Å². The Hall–Kier alpha value is -2.10. The first kappa shape index (κ1) is 14.3. The molecule has 4 heteroatoms. The molecule has 0 aliphatic carbocycles. The highest BCUT2D eigenvalue weighted by atomic mass is 16.1.